The van der Waals surface area contributed by atoms with Crippen LogP contribution in [0.3, 0.4) is 0 Å². The first-order valence-corrected chi connectivity index (χ1v) is 5.92. The van der Waals surface area contributed by atoms with Crippen LogP contribution < -0.4 is 0 Å². The molecule has 1 aliphatic rings. The summed E-state index contributed by atoms with van der Waals surface area (Å²) in [4.78, 5) is 21.9. The fraction of sp³-hybridized carbons (Fsp3) is 0.833. The topological polar surface area (TPSA) is 93.1 Å². The monoisotopic (exact) mass is 260 g/mol. The van der Waals surface area contributed by atoms with Gasteiger partial charge >= 0.3 is 11.9 Å². The van der Waals surface area contributed by atoms with Crippen LogP contribution >= 0.6 is 0 Å². The molecule has 0 spiro atoms. The zero-order valence-corrected chi connectivity index (χ0v) is 10.9. The molecule has 1 saturated heterocycles. The molecule has 104 valence electrons. The lowest BCUT2D eigenvalue weighted by Gasteiger charge is -2.41. The van der Waals surface area contributed by atoms with Gasteiger partial charge in [0, 0.05) is 5.41 Å². The van der Waals surface area contributed by atoms with E-state index in [-0.39, 0.29) is 19.6 Å². The van der Waals surface area contributed by atoms with Crippen LogP contribution in [0.5, 0.6) is 0 Å². The first kappa shape index (κ1) is 14.9. The third-order valence-corrected chi connectivity index (χ3v) is 3.40. The van der Waals surface area contributed by atoms with E-state index in [1.807, 2.05) is 0 Å². The number of carboxylic acid groups (broad SMARTS) is 2. The molecule has 1 rings (SSSR count). The summed E-state index contributed by atoms with van der Waals surface area (Å²) in [5.74, 6) is -1.88. The van der Waals surface area contributed by atoms with Gasteiger partial charge in [0.1, 0.15) is 5.41 Å². The Labute approximate surface area is 106 Å². The largest absolute Gasteiger partial charge is 0.481 e. The Bertz CT molecular complexity index is 327. The summed E-state index contributed by atoms with van der Waals surface area (Å²) < 4.78 is 10.9. The number of hydrogen-bond acceptors (Lipinski definition) is 4. The average molecular weight is 260 g/mol. The third kappa shape index (κ3) is 3.00. The van der Waals surface area contributed by atoms with Gasteiger partial charge in [-0.3, -0.25) is 9.59 Å². The van der Waals surface area contributed by atoms with Gasteiger partial charge in [-0.15, -0.1) is 0 Å². The molecule has 6 nitrogen and oxygen atoms in total. The first-order chi connectivity index (χ1) is 8.23. The predicted octanol–water partition coefficient (Wildman–Crippen LogP) is 1.34. The fourth-order valence-electron chi connectivity index (χ4n) is 1.96. The van der Waals surface area contributed by atoms with E-state index >= 15 is 0 Å². The molecule has 1 fully saturated rings. The molecule has 6 heteroatoms. The molecular weight excluding hydrogens is 240 g/mol. The lowest BCUT2D eigenvalue weighted by molar-refractivity contribution is -0.269. The Balaban J connectivity index is 2.68. The van der Waals surface area contributed by atoms with Gasteiger partial charge in [-0.2, -0.15) is 0 Å². The van der Waals surface area contributed by atoms with Gasteiger partial charge in [-0.05, 0) is 6.42 Å². The van der Waals surface area contributed by atoms with Crippen molar-refractivity contribution in [2.45, 2.75) is 39.9 Å². The second kappa shape index (κ2) is 5.24. The van der Waals surface area contributed by atoms with Crippen molar-refractivity contribution in [1.29, 1.82) is 0 Å². The van der Waals surface area contributed by atoms with E-state index in [2.05, 4.69) is 0 Å². The van der Waals surface area contributed by atoms with Crippen LogP contribution in [0.1, 0.15) is 33.6 Å². The Kier molecular flexibility index (Phi) is 4.34. The van der Waals surface area contributed by atoms with Crippen molar-refractivity contribution in [3.8, 4) is 0 Å². The Morgan fingerprint density at radius 1 is 1.28 bits per heavy atom. The molecule has 0 amide bonds. The molecule has 0 atom stereocenters. The second-order valence-electron chi connectivity index (χ2n) is 5.45. The second-order valence-corrected chi connectivity index (χ2v) is 5.45. The van der Waals surface area contributed by atoms with Crippen LogP contribution in [0, 0.1) is 10.8 Å². The van der Waals surface area contributed by atoms with Gasteiger partial charge in [-0.25, -0.2) is 0 Å². The van der Waals surface area contributed by atoms with E-state index in [9.17, 15) is 9.59 Å². The Hall–Kier alpha value is -1.14. The van der Waals surface area contributed by atoms with Gasteiger partial charge < -0.3 is 19.7 Å². The van der Waals surface area contributed by atoms with Crippen LogP contribution in [-0.2, 0) is 19.1 Å². The molecule has 1 heterocycles. The van der Waals surface area contributed by atoms with E-state index in [0.29, 0.717) is 6.42 Å². The molecule has 0 aromatic carbocycles. The highest BCUT2D eigenvalue weighted by Gasteiger charge is 2.46. The predicted molar refractivity (Wildman–Crippen MR) is 62.1 cm³/mol. The zero-order chi connectivity index (χ0) is 14.0. The lowest BCUT2D eigenvalue weighted by Crippen LogP contribution is -2.51. The molecule has 0 aliphatic carbocycles. The fourth-order valence-corrected chi connectivity index (χ4v) is 1.96. The minimum absolute atomic E-state index is 0.0482. The molecule has 0 saturated carbocycles. The third-order valence-electron chi connectivity index (χ3n) is 3.40. The summed E-state index contributed by atoms with van der Waals surface area (Å²) in [6.45, 7) is 5.32. The number of rotatable bonds is 5. The van der Waals surface area contributed by atoms with E-state index in [1.165, 1.54) is 0 Å². The maximum Gasteiger partial charge on any atom is 0.314 e. The summed E-state index contributed by atoms with van der Waals surface area (Å²) in [5.41, 5.74) is -1.71. The number of hydrogen-bond donors (Lipinski definition) is 2. The van der Waals surface area contributed by atoms with Crippen LogP contribution in [0.25, 0.3) is 0 Å². The van der Waals surface area contributed by atoms with Crippen molar-refractivity contribution < 1.29 is 29.3 Å². The number of ether oxygens (including phenoxy) is 2. The number of aliphatic carboxylic acids is 2. The molecular formula is C12H20O6. The molecule has 1 aliphatic heterocycles. The van der Waals surface area contributed by atoms with Gasteiger partial charge in [-0.1, -0.05) is 20.8 Å². The molecule has 0 bridgehead atoms. The van der Waals surface area contributed by atoms with Crippen LogP contribution in [-0.4, -0.2) is 41.7 Å². The van der Waals surface area contributed by atoms with Crippen molar-refractivity contribution in [3.63, 3.8) is 0 Å². The van der Waals surface area contributed by atoms with Crippen molar-refractivity contribution in [2.75, 3.05) is 13.2 Å². The SMILES string of the molecule is CCC1(C(=O)O)COC(C(C)(C)CC(=O)O)OC1. The first-order valence-electron chi connectivity index (χ1n) is 5.92. The maximum atomic E-state index is 11.2. The number of carbonyl (C=O) groups is 2. The highest BCUT2D eigenvalue weighted by Crippen LogP contribution is 2.36. The van der Waals surface area contributed by atoms with Crippen LogP contribution in [0.15, 0.2) is 0 Å². The smallest absolute Gasteiger partial charge is 0.314 e. The van der Waals surface area contributed by atoms with Crippen molar-refractivity contribution in [3.05, 3.63) is 0 Å². The van der Waals surface area contributed by atoms with E-state index < -0.39 is 29.1 Å². The highest BCUT2D eigenvalue weighted by molar-refractivity contribution is 5.75. The normalized spacial score (nSPS) is 28.9. The molecule has 18 heavy (non-hydrogen) atoms. The highest BCUT2D eigenvalue weighted by atomic mass is 16.7. The zero-order valence-electron chi connectivity index (χ0n) is 10.9. The lowest BCUT2D eigenvalue weighted by atomic mass is 9.84. The van der Waals surface area contributed by atoms with E-state index in [0.717, 1.165) is 0 Å². The van der Waals surface area contributed by atoms with Crippen LogP contribution in [0.4, 0.5) is 0 Å². The molecule has 0 aromatic rings. The minimum Gasteiger partial charge on any atom is -0.481 e. The summed E-state index contributed by atoms with van der Waals surface area (Å²) in [6, 6.07) is 0. The Morgan fingerprint density at radius 2 is 1.78 bits per heavy atom. The number of carboxylic acids is 2. The van der Waals surface area contributed by atoms with Crippen molar-refractivity contribution in [2.24, 2.45) is 10.8 Å². The summed E-state index contributed by atoms with van der Waals surface area (Å²) in [7, 11) is 0. The summed E-state index contributed by atoms with van der Waals surface area (Å²) >= 11 is 0. The maximum absolute atomic E-state index is 11.2. The van der Waals surface area contributed by atoms with Gasteiger partial charge in [0.05, 0.1) is 19.6 Å². The summed E-state index contributed by atoms with van der Waals surface area (Å²) in [6.07, 6.45) is -0.370. The summed E-state index contributed by atoms with van der Waals surface area (Å²) in [5, 5.41) is 18.0. The van der Waals surface area contributed by atoms with E-state index in [4.69, 9.17) is 19.7 Å². The minimum atomic E-state index is -1.02. The molecule has 0 aromatic heterocycles. The standard InChI is InChI=1S/C12H20O6/c1-4-12(9(15)16)6-17-10(18-7-12)11(2,3)5-8(13)14/h10H,4-7H2,1-3H3,(H,13,14)(H,15,16). The van der Waals surface area contributed by atoms with E-state index in [1.54, 1.807) is 20.8 Å². The van der Waals surface area contributed by atoms with Gasteiger partial charge in [0.2, 0.25) is 0 Å². The Morgan fingerprint density at radius 3 is 2.11 bits per heavy atom. The quantitative estimate of drug-likeness (QED) is 0.774. The molecule has 0 radical (unpaired) electrons. The molecule has 0 unspecified atom stereocenters. The van der Waals surface area contributed by atoms with Crippen molar-refractivity contribution >= 4 is 11.9 Å². The van der Waals surface area contributed by atoms with Crippen molar-refractivity contribution in [1.82, 2.24) is 0 Å². The average Bonchev–Trinajstić information content (AvgIpc) is 2.27. The van der Waals surface area contributed by atoms with Gasteiger partial charge in [0.25, 0.3) is 0 Å². The van der Waals surface area contributed by atoms with Crippen LogP contribution in [0.2, 0.25) is 0 Å². The van der Waals surface area contributed by atoms with Gasteiger partial charge in [0.15, 0.2) is 6.29 Å². The molecule has 2 N–H and O–H groups in total.